The van der Waals surface area contributed by atoms with E-state index in [1.165, 1.54) is 27.2 Å². The lowest BCUT2D eigenvalue weighted by atomic mass is 9.83. The molecule has 52 heavy (non-hydrogen) atoms. The van der Waals surface area contributed by atoms with Gasteiger partial charge in [0.05, 0.1) is 24.0 Å². The van der Waals surface area contributed by atoms with Gasteiger partial charge in [0.25, 0.3) is 5.91 Å². The number of benzene rings is 1. The van der Waals surface area contributed by atoms with Gasteiger partial charge >= 0.3 is 6.09 Å². The van der Waals surface area contributed by atoms with Gasteiger partial charge in [0.15, 0.2) is 5.13 Å². The molecule has 0 unspecified atom stereocenters. The molecule has 0 spiro atoms. The van der Waals surface area contributed by atoms with Gasteiger partial charge < -0.3 is 20.3 Å². The summed E-state index contributed by atoms with van der Waals surface area (Å²) in [4.78, 5) is 63.7. The number of likely N-dealkylation sites (tertiary alicyclic amines) is 1. The van der Waals surface area contributed by atoms with Crippen molar-refractivity contribution >= 4 is 61.9 Å². The van der Waals surface area contributed by atoms with Crippen LogP contribution in [0.5, 0.6) is 0 Å². The molecule has 5 atom stereocenters. The second-order valence-electron chi connectivity index (χ2n) is 14.7. The monoisotopic (exact) mass is 772 g/mol. The van der Waals surface area contributed by atoms with Crippen LogP contribution in [0.2, 0.25) is 5.02 Å². The van der Waals surface area contributed by atoms with E-state index in [4.69, 9.17) is 16.3 Å². The molecule has 2 aliphatic heterocycles. The molecule has 2 aromatic rings. The van der Waals surface area contributed by atoms with E-state index in [1.54, 1.807) is 6.07 Å². The number of nitrogens with zero attached hydrogens (tertiary/aromatic N) is 3. The number of amides is 4. The number of hydrogen-bond donors (Lipinski definition) is 3. The minimum atomic E-state index is -3.88. The number of aryl methyl sites for hydroxylation is 1. The quantitative estimate of drug-likeness (QED) is 0.263. The van der Waals surface area contributed by atoms with E-state index in [2.05, 4.69) is 26.9 Å². The molecule has 3 N–H and O–H groups in total. The minimum absolute atomic E-state index is 0.00366. The Bertz CT molecular complexity index is 1860. The largest absolute Gasteiger partial charge is 0.444 e. The Morgan fingerprint density at radius 1 is 1.15 bits per heavy atom. The third-order valence-corrected chi connectivity index (χ3v) is 14.1. The van der Waals surface area contributed by atoms with Crippen molar-refractivity contribution in [2.75, 3.05) is 11.9 Å². The minimum Gasteiger partial charge on any atom is -0.444 e. The van der Waals surface area contributed by atoms with Crippen molar-refractivity contribution in [1.82, 2.24) is 24.8 Å². The average Bonchev–Trinajstić information content (AvgIpc) is 3.94. The summed E-state index contributed by atoms with van der Waals surface area (Å²) in [6.07, 6.45) is 6.67. The Labute approximate surface area is 312 Å². The van der Waals surface area contributed by atoms with Crippen LogP contribution in [0.15, 0.2) is 36.2 Å². The van der Waals surface area contributed by atoms with E-state index in [0.717, 1.165) is 55.3 Å². The van der Waals surface area contributed by atoms with Gasteiger partial charge in [-0.15, -0.1) is 17.9 Å². The molecule has 4 amide bonds. The maximum absolute atomic E-state index is 14.7. The SMILES string of the molecule is C=C[C@@H]1C[C@]1(NC(=O)[C@@H]1C[C@@H](OC(=O)N2Cc3cccc(Cl)c3C2)CN1C(=O)[C@@H](Nc1nc(CC)cs1)C1CCCCC1)C(=O)NS(=O)(=O)C1CC1. The summed E-state index contributed by atoms with van der Waals surface area (Å²) in [5.41, 5.74) is 1.16. The van der Waals surface area contributed by atoms with E-state index in [0.29, 0.717) is 29.5 Å². The first-order valence-corrected chi connectivity index (χ1v) is 21.0. The van der Waals surface area contributed by atoms with Crippen molar-refractivity contribution in [3.8, 4) is 0 Å². The van der Waals surface area contributed by atoms with E-state index in [1.807, 2.05) is 24.4 Å². The zero-order chi connectivity index (χ0) is 36.8. The Balaban J connectivity index is 1.13. The topological polar surface area (TPSA) is 167 Å². The lowest BCUT2D eigenvalue weighted by molar-refractivity contribution is -0.141. The molecule has 16 heteroatoms. The standard InChI is InChI=1S/C36H45ClN6O7S2/c1-3-23-16-36(23,33(46)41-52(48,49)26-13-14-26)40-31(44)29-15-25(50-35(47)42-17-22-11-8-12-28(37)27(22)19-42)18-43(29)32(45)30(21-9-6-5-7-10-21)39-34-38-24(4-2)20-51-34/h3,8,11-12,20-21,23,25-26,29-30H,1,4-7,9-10,13-19H2,2H3,(H,38,39)(H,40,44)(H,41,46)/t23-,25-,29+,30+,36-/m1/s1. The van der Waals surface area contributed by atoms with E-state index >= 15 is 0 Å². The van der Waals surface area contributed by atoms with E-state index < -0.39 is 62.8 Å². The highest BCUT2D eigenvalue weighted by Gasteiger charge is 2.62. The molecule has 0 bridgehead atoms. The Morgan fingerprint density at radius 2 is 1.92 bits per heavy atom. The van der Waals surface area contributed by atoms with Gasteiger partial charge in [0.1, 0.15) is 23.7 Å². The number of nitrogens with one attached hydrogen (secondary N) is 3. The number of sulfonamides is 1. The number of thiazole rings is 1. The molecule has 7 rings (SSSR count). The van der Waals surface area contributed by atoms with Gasteiger partial charge in [0.2, 0.25) is 21.8 Å². The molecular formula is C36H45ClN6O7S2. The molecule has 3 heterocycles. The summed E-state index contributed by atoms with van der Waals surface area (Å²) in [7, 11) is -3.88. The second-order valence-corrected chi connectivity index (χ2v) is 17.9. The van der Waals surface area contributed by atoms with Gasteiger partial charge in [0, 0.05) is 29.3 Å². The highest BCUT2D eigenvalue weighted by Crippen LogP contribution is 2.45. The summed E-state index contributed by atoms with van der Waals surface area (Å²) in [5, 5.41) is 8.74. The van der Waals surface area contributed by atoms with E-state index in [9.17, 15) is 27.6 Å². The average molecular weight is 773 g/mol. The molecular weight excluding hydrogens is 728 g/mol. The molecule has 280 valence electrons. The number of aromatic nitrogens is 1. The lowest BCUT2D eigenvalue weighted by Crippen LogP contribution is -2.58. The van der Waals surface area contributed by atoms with Crippen molar-refractivity contribution in [2.24, 2.45) is 11.8 Å². The molecule has 13 nitrogen and oxygen atoms in total. The maximum Gasteiger partial charge on any atom is 0.410 e. The highest BCUT2D eigenvalue weighted by molar-refractivity contribution is 7.91. The molecule has 3 saturated carbocycles. The molecule has 5 aliphatic rings. The van der Waals surface area contributed by atoms with Crippen LogP contribution in [0.1, 0.15) is 81.5 Å². The zero-order valence-corrected chi connectivity index (χ0v) is 31.5. The number of ether oxygens (including phenoxy) is 1. The van der Waals surface area contributed by atoms with Crippen LogP contribution in [0.3, 0.4) is 0 Å². The van der Waals surface area contributed by atoms with Crippen LogP contribution in [0.4, 0.5) is 9.93 Å². The number of carbonyl (C=O) groups is 4. The summed E-state index contributed by atoms with van der Waals surface area (Å²) in [6.45, 7) is 6.36. The second kappa shape index (κ2) is 14.6. The van der Waals surface area contributed by atoms with Gasteiger partial charge in [-0.25, -0.2) is 18.2 Å². The summed E-state index contributed by atoms with van der Waals surface area (Å²) in [6, 6.07) is 3.73. The Kier molecular flexibility index (Phi) is 10.3. The first kappa shape index (κ1) is 36.7. The number of hydrogen-bond acceptors (Lipinski definition) is 10. The predicted octanol–water partition coefficient (Wildman–Crippen LogP) is 4.51. The zero-order valence-electron chi connectivity index (χ0n) is 29.1. The smallest absolute Gasteiger partial charge is 0.410 e. The predicted molar refractivity (Wildman–Crippen MR) is 196 cm³/mol. The number of halogens is 1. The van der Waals surface area contributed by atoms with Crippen LogP contribution < -0.4 is 15.4 Å². The molecule has 1 aromatic carbocycles. The third kappa shape index (κ3) is 7.41. The number of carbonyl (C=O) groups excluding carboxylic acids is 4. The Hall–Kier alpha value is -3.69. The van der Waals surface area contributed by atoms with Crippen LogP contribution in [-0.2, 0) is 48.7 Å². The van der Waals surface area contributed by atoms with Gasteiger partial charge in [-0.3, -0.25) is 24.0 Å². The first-order chi connectivity index (χ1) is 24.9. The Morgan fingerprint density at radius 3 is 2.58 bits per heavy atom. The van der Waals surface area contributed by atoms with Gasteiger partial charge in [-0.1, -0.05) is 56.0 Å². The lowest BCUT2D eigenvalue weighted by Gasteiger charge is -2.34. The summed E-state index contributed by atoms with van der Waals surface area (Å²) >= 11 is 7.81. The number of rotatable bonds is 12. The highest BCUT2D eigenvalue weighted by atomic mass is 35.5. The van der Waals surface area contributed by atoms with Gasteiger partial charge in [-0.2, -0.15) is 0 Å². The first-order valence-electron chi connectivity index (χ1n) is 18.2. The number of fused-ring (bicyclic) bond motifs is 1. The van der Waals surface area contributed by atoms with Crippen LogP contribution in [0, 0.1) is 11.8 Å². The van der Waals surface area contributed by atoms with Crippen LogP contribution in [-0.4, -0.2) is 82.5 Å². The number of anilines is 1. The van der Waals surface area contributed by atoms with Crippen molar-refractivity contribution in [2.45, 2.75) is 113 Å². The third-order valence-electron chi connectivity index (χ3n) is 11.1. The maximum atomic E-state index is 14.7. The molecule has 3 aliphatic carbocycles. The van der Waals surface area contributed by atoms with Crippen molar-refractivity contribution in [3.05, 3.63) is 58.1 Å². The molecule has 1 saturated heterocycles. The van der Waals surface area contributed by atoms with Crippen LogP contribution >= 0.6 is 22.9 Å². The fraction of sp³-hybridized carbons (Fsp3) is 0.583. The van der Waals surface area contributed by atoms with Crippen molar-refractivity contribution < 1.29 is 32.3 Å². The normalized spacial score (nSPS) is 26.3. The summed E-state index contributed by atoms with van der Waals surface area (Å²) < 4.78 is 33.6. The van der Waals surface area contributed by atoms with Crippen LogP contribution in [0.25, 0.3) is 0 Å². The summed E-state index contributed by atoms with van der Waals surface area (Å²) in [5.74, 6) is -2.26. The fourth-order valence-corrected chi connectivity index (χ4v) is 10.3. The fourth-order valence-electron chi connectivity index (χ4n) is 7.82. The molecule has 4 fully saturated rings. The van der Waals surface area contributed by atoms with Crippen molar-refractivity contribution in [3.63, 3.8) is 0 Å². The van der Waals surface area contributed by atoms with Crippen molar-refractivity contribution in [1.29, 1.82) is 0 Å². The molecule has 1 aromatic heterocycles. The molecule has 0 radical (unpaired) electrons. The van der Waals surface area contributed by atoms with Gasteiger partial charge in [-0.05, 0) is 61.6 Å². The van der Waals surface area contributed by atoms with E-state index in [-0.39, 0.29) is 37.8 Å².